The Morgan fingerprint density at radius 1 is 1.35 bits per heavy atom. The van der Waals surface area contributed by atoms with Gasteiger partial charge >= 0.3 is 0 Å². The molecule has 3 N–H and O–H groups in total. The lowest BCUT2D eigenvalue weighted by Crippen LogP contribution is -2.21. The first-order valence-corrected chi connectivity index (χ1v) is 6.23. The molecule has 0 aromatic carbocycles. The van der Waals surface area contributed by atoms with E-state index >= 15 is 0 Å². The van der Waals surface area contributed by atoms with E-state index in [1.807, 2.05) is 20.8 Å². The Labute approximate surface area is 108 Å². The van der Waals surface area contributed by atoms with Crippen LogP contribution in [0.15, 0.2) is 0 Å². The molecule has 0 aliphatic heterocycles. The van der Waals surface area contributed by atoms with Gasteiger partial charge in [-0.1, -0.05) is 39.3 Å². The number of hydrogen-bond acceptors (Lipinski definition) is 4. The van der Waals surface area contributed by atoms with Gasteiger partial charge in [-0.3, -0.25) is 0 Å². The number of hydrogen-bond donors (Lipinski definition) is 2. The average molecular weight is 257 g/mol. The van der Waals surface area contributed by atoms with Gasteiger partial charge in [0, 0.05) is 11.5 Å². The van der Waals surface area contributed by atoms with Crippen LogP contribution < -0.4 is 11.1 Å². The molecule has 0 spiro atoms. The molecule has 0 amide bonds. The van der Waals surface area contributed by atoms with E-state index in [0.717, 1.165) is 6.42 Å². The first-order chi connectivity index (χ1) is 7.75. The van der Waals surface area contributed by atoms with Crippen molar-refractivity contribution in [1.29, 1.82) is 0 Å². The van der Waals surface area contributed by atoms with Gasteiger partial charge in [-0.15, -0.1) is 0 Å². The molecule has 1 heterocycles. The summed E-state index contributed by atoms with van der Waals surface area (Å²) < 4.78 is 0. The van der Waals surface area contributed by atoms with E-state index in [0.29, 0.717) is 28.5 Å². The maximum atomic E-state index is 6.04. The van der Waals surface area contributed by atoms with E-state index in [2.05, 4.69) is 29.1 Å². The van der Waals surface area contributed by atoms with Crippen LogP contribution in [0.25, 0.3) is 0 Å². The van der Waals surface area contributed by atoms with Crippen molar-refractivity contribution in [3.05, 3.63) is 11.0 Å². The van der Waals surface area contributed by atoms with Crippen LogP contribution in [0.5, 0.6) is 0 Å². The molecule has 1 atom stereocenters. The van der Waals surface area contributed by atoms with Crippen molar-refractivity contribution < 1.29 is 0 Å². The topological polar surface area (TPSA) is 63.8 Å². The summed E-state index contributed by atoms with van der Waals surface area (Å²) in [5.74, 6) is 1.33. The summed E-state index contributed by atoms with van der Waals surface area (Å²) in [5.41, 5.74) is 6.15. The Hall–Kier alpha value is -1.03. The molecule has 0 saturated carbocycles. The highest BCUT2D eigenvalue weighted by Crippen LogP contribution is 2.28. The summed E-state index contributed by atoms with van der Waals surface area (Å²) in [6.07, 6.45) is 0.992. The predicted octanol–water partition coefficient (Wildman–Crippen LogP) is 3.22. The van der Waals surface area contributed by atoms with Gasteiger partial charge in [0.1, 0.15) is 11.5 Å². The number of anilines is 2. The largest absolute Gasteiger partial charge is 0.393 e. The molecule has 96 valence electrons. The maximum Gasteiger partial charge on any atom is 0.157 e. The molecule has 0 aliphatic rings. The number of aromatic nitrogens is 2. The summed E-state index contributed by atoms with van der Waals surface area (Å²) in [7, 11) is 0. The number of halogens is 1. The van der Waals surface area contributed by atoms with E-state index in [1.54, 1.807) is 0 Å². The molecule has 4 nitrogen and oxygen atoms in total. The Balaban J connectivity index is 3.16. The number of nitrogens with zero attached hydrogens (tertiary/aromatic N) is 2. The second-order valence-corrected chi connectivity index (χ2v) is 5.66. The van der Waals surface area contributed by atoms with E-state index in [1.165, 1.54) is 0 Å². The molecule has 0 saturated heterocycles. The molecule has 5 heteroatoms. The van der Waals surface area contributed by atoms with E-state index in [-0.39, 0.29) is 5.41 Å². The second kappa shape index (κ2) is 5.08. The molecule has 0 aliphatic carbocycles. The Morgan fingerprint density at radius 3 is 2.41 bits per heavy atom. The van der Waals surface area contributed by atoms with E-state index in [9.17, 15) is 0 Å². The lowest BCUT2D eigenvalue weighted by Gasteiger charge is -2.20. The van der Waals surface area contributed by atoms with Gasteiger partial charge in [0.15, 0.2) is 11.0 Å². The summed E-state index contributed by atoms with van der Waals surface area (Å²) in [4.78, 5) is 8.69. The zero-order valence-corrected chi connectivity index (χ0v) is 11.9. The zero-order valence-electron chi connectivity index (χ0n) is 11.1. The highest BCUT2D eigenvalue weighted by molar-refractivity contribution is 6.32. The first-order valence-electron chi connectivity index (χ1n) is 5.85. The van der Waals surface area contributed by atoms with Crippen LogP contribution in [0.1, 0.15) is 46.9 Å². The van der Waals surface area contributed by atoms with Crippen molar-refractivity contribution in [2.24, 2.45) is 0 Å². The summed E-state index contributed by atoms with van der Waals surface area (Å²) in [6.45, 7) is 10.3. The normalized spacial score (nSPS) is 13.5. The molecule has 1 aromatic rings. The number of rotatable bonds is 3. The fourth-order valence-electron chi connectivity index (χ4n) is 1.22. The minimum absolute atomic E-state index is 0.150. The number of nitrogens with one attached hydrogen (secondary N) is 1. The number of nitrogen functional groups attached to an aromatic ring is 1. The van der Waals surface area contributed by atoms with Crippen molar-refractivity contribution in [2.75, 3.05) is 11.1 Å². The third-order valence-electron chi connectivity index (χ3n) is 2.57. The zero-order chi connectivity index (χ0) is 13.2. The second-order valence-electron chi connectivity index (χ2n) is 5.30. The Morgan fingerprint density at radius 2 is 1.94 bits per heavy atom. The van der Waals surface area contributed by atoms with Crippen LogP contribution in [0, 0.1) is 0 Å². The van der Waals surface area contributed by atoms with Crippen LogP contribution in [0.2, 0.25) is 5.15 Å². The minimum atomic E-state index is -0.150. The van der Waals surface area contributed by atoms with Crippen molar-refractivity contribution in [3.63, 3.8) is 0 Å². The summed E-state index contributed by atoms with van der Waals surface area (Å²) in [5, 5.41) is 3.57. The van der Waals surface area contributed by atoms with Gasteiger partial charge in [-0.25, -0.2) is 9.97 Å². The molecule has 0 fully saturated rings. The fourth-order valence-corrected chi connectivity index (χ4v) is 1.39. The molecule has 17 heavy (non-hydrogen) atoms. The Bertz CT molecular complexity index is 398. The van der Waals surface area contributed by atoms with Crippen molar-refractivity contribution in [1.82, 2.24) is 9.97 Å². The van der Waals surface area contributed by atoms with Crippen LogP contribution in [0.4, 0.5) is 11.5 Å². The van der Waals surface area contributed by atoms with E-state index < -0.39 is 0 Å². The van der Waals surface area contributed by atoms with Gasteiger partial charge in [-0.05, 0) is 13.3 Å². The molecule has 1 unspecified atom stereocenters. The molecule has 1 aromatic heterocycles. The van der Waals surface area contributed by atoms with Crippen molar-refractivity contribution >= 4 is 23.1 Å². The van der Waals surface area contributed by atoms with Gasteiger partial charge in [0.2, 0.25) is 0 Å². The highest BCUT2D eigenvalue weighted by atomic mass is 35.5. The minimum Gasteiger partial charge on any atom is -0.393 e. The SMILES string of the molecule is CCC(C)Nc1nc(C(C)(C)C)nc(Cl)c1N. The van der Waals surface area contributed by atoms with Gasteiger partial charge in [0.25, 0.3) is 0 Å². The third-order valence-corrected chi connectivity index (χ3v) is 2.85. The monoisotopic (exact) mass is 256 g/mol. The molecule has 1 rings (SSSR count). The standard InChI is InChI=1S/C12H21ClN4/c1-6-7(2)15-10-8(14)9(13)16-11(17-10)12(3,4)5/h7H,6,14H2,1-5H3,(H,15,16,17). The van der Waals surface area contributed by atoms with Crippen LogP contribution in [-0.2, 0) is 5.41 Å². The summed E-state index contributed by atoms with van der Waals surface area (Å²) in [6, 6.07) is 0.302. The lowest BCUT2D eigenvalue weighted by molar-refractivity contribution is 0.545. The van der Waals surface area contributed by atoms with Crippen molar-refractivity contribution in [3.8, 4) is 0 Å². The quantitative estimate of drug-likeness (QED) is 0.815. The number of nitrogens with two attached hydrogens (primary N) is 1. The fraction of sp³-hybridized carbons (Fsp3) is 0.667. The summed E-state index contributed by atoms with van der Waals surface area (Å²) >= 11 is 6.04. The molecule has 0 bridgehead atoms. The van der Waals surface area contributed by atoms with Crippen LogP contribution in [-0.4, -0.2) is 16.0 Å². The Kier molecular flexibility index (Phi) is 4.20. The molecular weight excluding hydrogens is 236 g/mol. The first kappa shape index (κ1) is 14.0. The van der Waals surface area contributed by atoms with Crippen LogP contribution in [0.3, 0.4) is 0 Å². The highest BCUT2D eigenvalue weighted by Gasteiger charge is 2.21. The van der Waals surface area contributed by atoms with E-state index in [4.69, 9.17) is 17.3 Å². The molecule has 0 radical (unpaired) electrons. The smallest absolute Gasteiger partial charge is 0.157 e. The van der Waals surface area contributed by atoms with Crippen LogP contribution >= 0.6 is 11.6 Å². The lowest BCUT2D eigenvalue weighted by atomic mass is 9.96. The average Bonchev–Trinajstić information content (AvgIpc) is 2.22. The maximum absolute atomic E-state index is 6.04. The molecular formula is C12H21ClN4. The van der Waals surface area contributed by atoms with Gasteiger partial charge in [0.05, 0.1) is 0 Å². The van der Waals surface area contributed by atoms with Gasteiger partial charge < -0.3 is 11.1 Å². The van der Waals surface area contributed by atoms with Crippen molar-refractivity contribution in [2.45, 2.75) is 52.5 Å². The van der Waals surface area contributed by atoms with Gasteiger partial charge in [-0.2, -0.15) is 0 Å². The third kappa shape index (κ3) is 3.46. The predicted molar refractivity (Wildman–Crippen MR) is 73.5 cm³/mol.